The predicted octanol–water partition coefficient (Wildman–Crippen LogP) is 5.06. The van der Waals surface area contributed by atoms with E-state index in [0.29, 0.717) is 23.6 Å². The third kappa shape index (κ3) is 7.97. The van der Waals surface area contributed by atoms with Crippen LogP contribution in [0.2, 0.25) is 0 Å². The summed E-state index contributed by atoms with van der Waals surface area (Å²) >= 11 is 1.16. The molecular formula is C31H33N3O7S. The molecule has 10 nitrogen and oxygen atoms in total. The summed E-state index contributed by atoms with van der Waals surface area (Å²) in [5, 5.41) is 16.1. The minimum Gasteiger partial charge on any atom is -0.492 e. The van der Waals surface area contributed by atoms with Crippen molar-refractivity contribution in [2.75, 3.05) is 13.7 Å². The highest BCUT2D eigenvalue weighted by Gasteiger charge is 2.24. The number of hydrogen-bond donors (Lipinski definition) is 2. The van der Waals surface area contributed by atoms with E-state index in [9.17, 15) is 19.5 Å². The van der Waals surface area contributed by atoms with E-state index < -0.39 is 23.7 Å². The fourth-order valence-electron chi connectivity index (χ4n) is 4.25. The SMILES string of the molecule is CO/N=C(\c1ccccc1)c1ccc2c(c1)sc(=O)n2CCOc1ccc(CC(NC(=O)OC(C)(C)C)C(=O)O)cc1. The number of amides is 1. The molecule has 4 aromatic rings. The Labute approximate surface area is 247 Å². The molecule has 0 aliphatic rings. The first-order chi connectivity index (χ1) is 20.0. The van der Waals surface area contributed by atoms with E-state index in [1.54, 1.807) is 49.6 Å². The van der Waals surface area contributed by atoms with E-state index in [1.165, 1.54) is 7.11 Å². The number of aromatic nitrogens is 1. The number of benzene rings is 3. The first-order valence-electron chi connectivity index (χ1n) is 13.3. The Bertz CT molecular complexity index is 1620. The third-order valence-corrected chi connectivity index (χ3v) is 7.05. The van der Waals surface area contributed by atoms with Gasteiger partial charge in [-0.2, -0.15) is 0 Å². The molecule has 2 N–H and O–H groups in total. The van der Waals surface area contributed by atoms with Gasteiger partial charge in [0, 0.05) is 17.5 Å². The average molecular weight is 592 g/mol. The topological polar surface area (TPSA) is 128 Å². The number of hydrogen-bond acceptors (Lipinski definition) is 8. The van der Waals surface area contributed by atoms with Crippen molar-refractivity contribution in [1.82, 2.24) is 9.88 Å². The summed E-state index contributed by atoms with van der Waals surface area (Å²) in [6.07, 6.45) is -0.712. The van der Waals surface area contributed by atoms with Crippen molar-refractivity contribution in [3.63, 3.8) is 0 Å². The zero-order valence-electron chi connectivity index (χ0n) is 23.8. The largest absolute Gasteiger partial charge is 0.492 e. The molecule has 11 heteroatoms. The van der Waals surface area contributed by atoms with Crippen molar-refractivity contribution in [2.24, 2.45) is 5.16 Å². The lowest BCUT2D eigenvalue weighted by molar-refractivity contribution is -0.139. The molecule has 0 spiro atoms. The summed E-state index contributed by atoms with van der Waals surface area (Å²) in [6, 6.07) is 21.2. The first-order valence-corrected chi connectivity index (χ1v) is 14.1. The van der Waals surface area contributed by atoms with Gasteiger partial charge in [-0.1, -0.05) is 65.0 Å². The van der Waals surface area contributed by atoms with Crippen LogP contribution in [0.4, 0.5) is 4.79 Å². The van der Waals surface area contributed by atoms with Crippen LogP contribution in [0.5, 0.6) is 5.75 Å². The molecular weight excluding hydrogens is 558 g/mol. The summed E-state index contributed by atoms with van der Waals surface area (Å²) in [7, 11) is 1.50. The second kappa shape index (κ2) is 13.3. The summed E-state index contributed by atoms with van der Waals surface area (Å²) in [5.74, 6) is -0.590. The number of carboxylic acids is 1. The average Bonchev–Trinajstić information content (AvgIpc) is 3.25. The highest BCUT2D eigenvalue weighted by molar-refractivity contribution is 7.16. The number of aliphatic carboxylic acids is 1. The number of alkyl carbamates (subject to hydrolysis) is 1. The molecule has 3 aromatic carbocycles. The molecule has 0 radical (unpaired) electrons. The maximum Gasteiger partial charge on any atom is 0.408 e. The van der Waals surface area contributed by atoms with Crippen LogP contribution >= 0.6 is 11.3 Å². The van der Waals surface area contributed by atoms with Gasteiger partial charge in [-0.25, -0.2) is 9.59 Å². The second-order valence-electron chi connectivity index (χ2n) is 10.4. The Kier molecular flexibility index (Phi) is 9.64. The Hall–Kier alpha value is -4.64. The fraction of sp³-hybridized carbons (Fsp3) is 0.290. The number of thiazole rings is 1. The van der Waals surface area contributed by atoms with Crippen LogP contribution in [0.15, 0.2) is 82.7 Å². The highest BCUT2D eigenvalue weighted by Crippen LogP contribution is 2.22. The minimum absolute atomic E-state index is 0.0776. The second-order valence-corrected chi connectivity index (χ2v) is 11.4. The van der Waals surface area contributed by atoms with E-state index in [-0.39, 0.29) is 17.9 Å². The van der Waals surface area contributed by atoms with Gasteiger partial charge in [-0.3, -0.25) is 9.36 Å². The Morgan fingerprint density at radius 3 is 2.38 bits per heavy atom. The molecule has 4 rings (SSSR count). The molecule has 0 saturated carbocycles. The van der Waals surface area contributed by atoms with Crippen molar-refractivity contribution in [3.8, 4) is 5.75 Å². The van der Waals surface area contributed by atoms with Gasteiger partial charge in [0.25, 0.3) is 0 Å². The van der Waals surface area contributed by atoms with Crippen molar-refractivity contribution in [3.05, 3.63) is 99.2 Å². The van der Waals surface area contributed by atoms with Crippen LogP contribution in [0, 0.1) is 0 Å². The van der Waals surface area contributed by atoms with Crippen LogP contribution < -0.4 is 14.9 Å². The highest BCUT2D eigenvalue weighted by atomic mass is 32.1. The summed E-state index contributed by atoms with van der Waals surface area (Å²) < 4.78 is 13.5. The van der Waals surface area contributed by atoms with Crippen LogP contribution in [0.25, 0.3) is 10.2 Å². The summed E-state index contributed by atoms with van der Waals surface area (Å²) in [5.41, 5.74) is 3.19. The maximum absolute atomic E-state index is 12.8. The van der Waals surface area contributed by atoms with Crippen LogP contribution in [-0.2, 0) is 27.3 Å². The molecule has 1 heterocycles. The molecule has 1 atom stereocenters. The normalized spacial score (nSPS) is 12.5. The molecule has 0 aliphatic heterocycles. The number of nitrogens with zero attached hydrogens (tertiary/aromatic N) is 2. The van der Waals surface area contributed by atoms with E-state index in [4.69, 9.17) is 14.3 Å². The smallest absolute Gasteiger partial charge is 0.408 e. The Morgan fingerprint density at radius 2 is 1.74 bits per heavy atom. The lowest BCUT2D eigenvalue weighted by Gasteiger charge is -2.22. The van der Waals surface area contributed by atoms with Gasteiger partial charge < -0.3 is 24.7 Å². The maximum atomic E-state index is 12.8. The minimum atomic E-state index is -1.16. The molecule has 0 aliphatic carbocycles. The van der Waals surface area contributed by atoms with Crippen molar-refractivity contribution >= 4 is 39.3 Å². The fourth-order valence-corrected chi connectivity index (χ4v) is 5.20. The van der Waals surface area contributed by atoms with Gasteiger partial charge in [0.15, 0.2) is 0 Å². The molecule has 1 aromatic heterocycles. The molecule has 42 heavy (non-hydrogen) atoms. The van der Waals surface area contributed by atoms with Crippen LogP contribution in [0.3, 0.4) is 0 Å². The molecule has 220 valence electrons. The molecule has 1 amide bonds. The number of carbonyl (C=O) groups is 2. The monoisotopic (exact) mass is 591 g/mol. The van der Waals surface area contributed by atoms with Crippen LogP contribution in [-0.4, -0.2) is 52.8 Å². The molecule has 1 unspecified atom stereocenters. The van der Waals surface area contributed by atoms with Crippen molar-refractivity contribution < 1.29 is 29.0 Å². The lowest BCUT2D eigenvalue weighted by Crippen LogP contribution is -2.44. The summed E-state index contributed by atoms with van der Waals surface area (Å²) in [6.45, 7) is 5.71. The number of ether oxygens (including phenoxy) is 2. The third-order valence-electron chi connectivity index (χ3n) is 6.11. The number of nitrogens with one attached hydrogen (secondary N) is 1. The molecule has 0 bridgehead atoms. The quantitative estimate of drug-likeness (QED) is 0.184. The zero-order valence-corrected chi connectivity index (χ0v) is 24.6. The number of rotatable bonds is 11. The van der Waals surface area contributed by atoms with E-state index >= 15 is 0 Å². The van der Waals surface area contributed by atoms with Gasteiger partial charge in [-0.15, -0.1) is 0 Å². The van der Waals surface area contributed by atoms with Gasteiger partial charge in [-0.05, 0) is 50.6 Å². The zero-order chi connectivity index (χ0) is 30.3. The summed E-state index contributed by atoms with van der Waals surface area (Å²) in [4.78, 5) is 41.5. The van der Waals surface area contributed by atoms with Gasteiger partial charge in [0.2, 0.25) is 0 Å². The molecule has 0 fully saturated rings. The number of carboxylic acid groups (broad SMARTS) is 1. The van der Waals surface area contributed by atoms with E-state index in [1.807, 2.05) is 48.5 Å². The van der Waals surface area contributed by atoms with Gasteiger partial charge >= 0.3 is 16.9 Å². The van der Waals surface area contributed by atoms with Gasteiger partial charge in [0.1, 0.15) is 36.8 Å². The number of carbonyl (C=O) groups excluding carboxylic acids is 1. The van der Waals surface area contributed by atoms with E-state index in [2.05, 4.69) is 10.5 Å². The Balaban J connectivity index is 1.38. The predicted molar refractivity (Wildman–Crippen MR) is 162 cm³/mol. The van der Waals surface area contributed by atoms with Crippen LogP contribution in [0.1, 0.15) is 37.5 Å². The lowest BCUT2D eigenvalue weighted by atomic mass is 10.0. The Morgan fingerprint density at radius 1 is 1.02 bits per heavy atom. The molecule has 0 saturated heterocycles. The number of fused-ring (bicyclic) bond motifs is 1. The standard InChI is InChI=1S/C31H33N3O7S/c1-31(2,3)41-29(37)32-24(28(35)36)18-20-10-13-23(14-11-20)40-17-16-34-25-15-12-22(19-26(25)42-30(34)38)27(33-39-4)21-8-6-5-7-9-21/h5-15,19,24H,16-18H2,1-4H3,(H,32,37)(H,35,36)/b33-27+. The van der Waals surface area contributed by atoms with Crippen molar-refractivity contribution in [1.29, 1.82) is 0 Å². The number of oxime groups is 1. The van der Waals surface area contributed by atoms with Gasteiger partial charge in [0.05, 0.1) is 16.8 Å². The van der Waals surface area contributed by atoms with Crippen molar-refractivity contribution in [2.45, 2.75) is 45.4 Å². The first kappa shape index (κ1) is 30.3. The van der Waals surface area contributed by atoms with E-state index in [0.717, 1.165) is 32.7 Å².